The second kappa shape index (κ2) is 6.15. The number of benzene rings is 1. The summed E-state index contributed by atoms with van der Waals surface area (Å²) in [7, 11) is 0. The molecule has 0 fully saturated rings. The lowest BCUT2D eigenvalue weighted by Crippen LogP contribution is -2.14. The lowest BCUT2D eigenvalue weighted by Gasteiger charge is -2.07. The van der Waals surface area contributed by atoms with Crippen LogP contribution in [0, 0.1) is 0 Å². The first-order valence-corrected chi connectivity index (χ1v) is 7.02. The molecule has 0 bridgehead atoms. The van der Waals surface area contributed by atoms with Crippen LogP contribution in [-0.4, -0.2) is 22.0 Å². The second-order valence-corrected chi connectivity index (χ2v) is 5.59. The number of hydrogen-bond donors (Lipinski definition) is 2. The largest absolute Gasteiger partial charge is 0.478 e. The predicted octanol–water partition coefficient (Wildman–Crippen LogP) is 3.56. The summed E-state index contributed by atoms with van der Waals surface area (Å²) in [4.78, 5) is 26.8. The molecule has 0 saturated carbocycles. The average molecular weight is 400 g/mol. The number of halogens is 2. The molecule has 5 nitrogen and oxygen atoms in total. The Balaban J connectivity index is 2.19. The Bertz CT molecular complexity index is 672. The van der Waals surface area contributed by atoms with E-state index in [1.54, 1.807) is 12.1 Å². The fourth-order valence-electron chi connectivity index (χ4n) is 1.45. The Morgan fingerprint density at radius 2 is 1.90 bits per heavy atom. The molecule has 0 aliphatic carbocycles. The molecular formula is C13H8Br2N2O3. The van der Waals surface area contributed by atoms with Crippen molar-refractivity contribution < 1.29 is 14.7 Å². The van der Waals surface area contributed by atoms with Crippen LogP contribution in [-0.2, 0) is 0 Å². The van der Waals surface area contributed by atoms with Crippen molar-refractivity contribution in [2.45, 2.75) is 0 Å². The fraction of sp³-hybridized carbons (Fsp3) is 0. The molecule has 0 radical (unpaired) electrons. The first-order chi connectivity index (χ1) is 9.47. The highest BCUT2D eigenvalue weighted by molar-refractivity contribution is 9.10. The van der Waals surface area contributed by atoms with Crippen LogP contribution in [0.1, 0.15) is 20.8 Å². The van der Waals surface area contributed by atoms with Gasteiger partial charge < -0.3 is 10.4 Å². The van der Waals surface area contributed by atoms with Gasteiger partial charge in [-0.05, 0) is 62.2 Å². The molecule has 0 unspecified atom stereocenters. The molecule has 0 aliphatic heterocycles. The first-order valence-electron chi connectivity index (χ1n) is 5.43. The summed E-state index contributed by atoms with van der Waals surface area (Å²) < 4.78 is 1.27. The molecule has 0 saturated heterocycles. The van der Waals surface area contributed by atoms with E-state index >= 15 is 0 Å². The van der Waals surface area contributed by atoms with Crippen LogP contribution in [0.4, 0.5) is 5.69 Å². The zero-order valence-electron chi connectivity index (χ0n) is 9.93. The summed E-state index contributed by atoms with van der Waals surface area (Å²) >= 11 is 6.46. The molecule has 0 spiro atoms. The smallest absolute Gasteiger partial charge is 0.335 e. The zero-order valence-corrected chi connectivity index (χ0v) is 13.1. The van der Waals surface area contributed by atoms with E-state index in [9.17, 15) is 9.59 Å². The van der Waals surface area contributed by atoms with Gasteiger partial charge in [0.25, 0.3) is 5.91 Å². The Morgan fingerprint density at radius 1 is 1.15 bits per heavy atom. The van der Waals surface area contributed by atoms with Gasteiger partial charge in [-0.1, -0.05) is 0 Å². The van der Waals surface area contributed by atoms with E-state index < -0.39 is 5.97 Å². The minimum atomic E-state index is -1.03. The molecule has 1 aromatic carbocycles. The van der Waals surface area contributed by atoms with Gasteiger partial charge in [0.05, 0.1) is 11.3 Å². The van der Waals surface area contributed by atoms with Crippen LogP contribution >= 0.6 is 31.9 Å². The number of aromatic carboxylic acids is 1. The van der Waals surface area contributed by atoms with E-state index in [0.29, 0.717) is 10.2 Å². The van der Waals surface area contributed by atoms with Gasteiger partial charge in [-0.15, -0.1) is 0 Å². The quantitative estimate of drug-likeness (QED) is 0.826. The van der Waals surface area contributed by atoms with E-state index in [4.69, 9.17) is 5.11 Å². The summed E-state index contributed by atoms with van der Waals surface area (Å²) in [6, 6.07) is 7.65. The number of aromatic nitrogens is 1. The number of amides is 1. The third-order valence-corrected chi connectivity index (χ3v) is 3.55. The summed E-state index contributed by atoms with van der Waals surface area (Å²) in [5.41, 5.74) is 0.878. The summed E-state index contributed by atoms with van der Waals surface area (Å²) in [5.74, 6) is -1.40. The lowest BCUT2D eigenvalue weighted by atomic mass is 10.2. The third kappa shape index (κ3) is 3.43. The molecule has 1 aromatic heterocycles. The lowest BCUT2D eigenvalue weighted by molar-refractivity contribution is 0.0696. The van der Waals surface area contributed by atoms with Crippen LogP contribution in [0.15, 0.2) is 45.5 Å². The molecule has 2 N–H and O–H groups in total. The summed E-state index contributed by atoms with van der Waals surface area (Å²) in [6.07, 6.45) is 1.53. The van der Waals surface area contributed by atoms with Crippen molar-refractivity contribution in [3.05, 3.63) is 56.7 Å². The second-order valence-electron chi connectivity index (χ2n) is 3.82. The molecule has 1 amide bonds. The highest BCUT2D eigenvalue weighted by Gasteiger charge is 2.11. The van der Waals surface area contributed by atoms with Gasteiger partial charge in [0.15, 0.2) is 0 Å². The molecule has 2 rings (SSSR count). The van der Waals surface area contributed by atoms with Crippen molar-refractivity contribution in [2.75, 3.05) is 5.32 Å². The number of carboxylic acid groups (broad SMARTS) is 1. The van der Waals surface area contributed by atoms with Crippen molar-refractivity contribution in [3.8, 4) is 0 Å². The van der Waals surface area contributed by atoms with Crippen LogP contribution in [0.2, 0.25) is 0 Å². The Kier molecular flexibility index (Phi) is 4.51. The maximum Gasteiger partial charge on any atom is 0.335 e. The highest BCUT2D eigenvalue weighted by Crippen LogP contribution is 2.24. The highest BCUT2D eigenvalue weighted by atomic mass is 79.9. The first kappa shape index (κ1) is 14.7. The van der Waals surface area contributed by atoms with Gasteiger partial charge in [-0.25, -0.2) is 9.78 Å². The number of hydrogen-bond acceptors (Lipinski definition) is 3. The van der Waals surface area contributed by atoms with Gasteiger partial charge in [0.2, 0.25) is 0 Å². The molecule has 2 aromatic rings. The Hall–Kier alpha value is -1.73. The van der Waals surface area contributed by atoms with Crippen LogP contribution < -0.4 is 5.32 Å². The topological polar surface area (TPSA) is 79.3 Å². The van der Waals surface area contributed by atoms with E-state index in [1.165, 1.54) is 24.4 Å². The van der Waals surface area contributed by atoms with Gasteiger partial charge in [-0.3, -0.25) is 4.79 Å². The standard InChI is InChI=1S/C13H8Br2N2O3/c14-8-2-4-11(16-6-8)12(18)17-10-3-1-7(13(19)20)5-9(10)15/h1-6H,(H,17,18)(H,19,20). The minimum absolute atomic E-state index is 0.136. The van der Waals surface area contributed by atoms with E-state index in [1.807, 2.05) is 0 Å². The van der Waals surface area contributed by atoms with E-state index in [-0.39, 0.29) is 17.2 Å². The van der Waals surface area contributed by atoms with Crippen LogP contribution in [0.5, 0.6) is 0 Å². The van der Waals surface area contributed by atoms with Crippen molar-refractivity contribution in [1.29, 1.82) is 0 Å². The van der Waals surface area contributed by atoms with Gasteiger partial charge in [-0.2, -0.15) is 0 Å². The summed E-state index contributed by atoms with van der Waals surface area (Å²) in [5, 5.41) is 11.5. The maximum atomic E-state index is 12.0. The van der Waals surface area contributed by atoms with Crippen molar-refractivity contribution in [3.63, 3.8) is 0 Å². The monoisotopic (exact) mass is 398 g/mol. The molecule has 102 valence electrons. The normalized spacial score (nSPS) is 10.1. The average Bonchev–Trinajstić information content (AvgIpc) is 2.41. The predicted molar refractivity (Wildman–Crippen MR) is 81.0 cm³/mol. The number of nitrogens with zero attached hydrogens (tertiary/aromatic N) is 1. The van der Waals surface area contributed by atoms with E-state index in [0.717, 1.165) is 4.47 Å². The fourth-order valence-corrected chi connectivity index (χ4v) is 2.16. The zero-order chi connectivity index (χ0) is 14.7. The number of anilines is 1. The van der Waals surface area contributed by atoms with Crippen molar-refractivity contribution in [1.82, 2.24) is 4.98 Å². The third-order valence-electron chi connectivity index (χ3n) is 2.42. The molecule has 20 heavy (non-hydrogen) atoms. The summed E-state index contributed by atoms with van der Waals surface area (Å²) in [6.45, 7) is 0. The molecular weight excluding hydrogens is 392 g/mol. The number of carbonyl (C=O) groups excluding carboxylic acids is 1. The minimum Gasteiger partial charge on any atom is -0.478 e. The van der Waals surface area contributed by atoms with E-state index in [2.05, 4.69) is 42.2 Å². The van der Waals surface area contributed by atoms with Gasteiger partial charge in [0, 0.05) is 15.1 Å². The van der Waals surface area contributed by atoms with Gasteiger partial charge in [0.1, 0.15) is 5.69 Å². The maximum absolute atomic E-state index is 12.0. The number of carboxylic acids is 1. The Labute approximate surface area is 131 Å². The van der Waals surface area contributed by atoms with Crippen LogP contribution in [0.25, 0.3) is 0 Å². The molecule has 7 heteroatoms. The van der Waals surface area contributed by atoms with Crippen molar-refractivity contribution in [2.24, 2.45) is 0 Å². The van der Waals surface area contributed by atoms with Gasteiger partial charge >= 0.3 is 5.97 Å². The number of carbonyl (C=O) groups is 2. The molecule has 0 aliphatic rings. The number of rotatable bonds is 3. The van der Waals surface area contributed by atoms with Crippen molar-refractivity contribution >= 4 is 49.4 Å². The number of pyridine rings is 1. The SMILES string of the molecule is O=C(O)c1ccc(NC(=O)c2ccc(Br)cn2)c(Br)c1. The number of nitrogens with one attached hydrogen (secondary N) is 1. The Morgan fingerprint density at radius 3 is 2.45 bits per heavy atom. The molecule has 0 atom stereocenters. The molecule has 1 heterocycles. The van der Waals surface area contributed by atoms with Crippen LogP contribution in [0.3, 0.4) is 0 Å².